The van der Waals surface area contributed by atoms with E-state index in [1.54, 1.807) is 12.4 Å². The first-order valence-electron chi connectivity index (χ1n) is 8.00. The fraction of sp³-hybridized carbons (Fsp3) is 0.222. The van der Waals surface area contributed by atoms with E-state index in [4.69, 9.17) is 0 Å². The molecule has 2 heterocycles. The maximum absolute atomic E-state index is 12.1. The zero-order valence-electron chi connectivity index (χ0n) is 14.1. The molecule has 0 aliphatic heterocycles. The van der Waals surface area contributed by atoms with Crippen LogP contribution in [0.5, 0.6) is 0 Å². The van der Waals surface area contributed by atoms with Crippen LogP contribution in [0.2, 0.25) is 0 Å². The van der Waals surface area contributed by atoms with E-state index in [1.807, 2.05) is 43.3 Å². The molecule has 25 heavy (non-hydrogen) atoms. The van der Waals surface area contributed by atoms with Crippen LogP contribution < -0.4 is 5.43 Å². The average molecular weight is 353 g/mol. The number of rotatable bonds is 6. The molecule has 3 rings (SSSR count). The van der Waals surface area contributed by atoms with Gasteiger partial charge >= 0.3 is 0 Å². The molecule has 0 spiro atoms. The summed E-state index contributed by atoms with van der Waals surface area (Å²) < 4.78 is 2.11. The summed E-state index contributed by atoms with van der Waals surface area (Å²) in [5.41, 5.74) is 6.28. The van der Waals surface area contributed by atoms with Gasteiger partial charge in [-0.2, -0.15) is 5.10 Å². The largest absolute Gasteiger partial charge is 0.319 e. The number of imidazole rings is 1. The van der Waals surface area contributed by atoms with Gasteiger partial charge in [-0.25, -0.2) is 10.4 Å². The van der Waals surface area contributed by atoms with E-state index in [1.165, 1.54) is 11.8 Å². The molecule has 0 aliphatic rings. The molecule has 2 aromatic heterocycles. The van der Waals surface area contributed by atoms with Crippen LogP contribution in [-0.4, -0.2) is 31.9 Å². The minimum Gasteiger partial charge on any atom is -0.319 e. The Morgan fingerprint density at radius 2 is 2.00 bits per heavy atom. The van der Waals surface area contributed by atoms with E-state index in [0.717, 1.165) is 34.0 Å². The second kappa shape index (κ2) is 7.94. The summed E-state index contributed by atoms with van der Waals surface area (Å²) in [6, 6.07) is 11.7. The number of carbonyl (C=O) groups excluding carboxylic acids is 1. The number of nitrogens with one attached hydrogen (secondary N) is 1. The van der Waals surface area contributed by atoms with Gasteiger partial charge in [0.15, 0.2) is 5.16 Å². The summed E-state index contributed by atoms with van der Waals surface area (Å²) in [4.78, 5) is 20.6. The van der Waals surface area contributed by atoms with Gasteiger partial charge in [0.2, 0.25) is 0 Å². The van der Waals surface area contributed by atoms with Crippen molar-refractivity contribution in [3.8, 4) is 0 Å². The molecule has 1 amide bonds. The lowest BCUT2D eigenvalue weighted by molar-refractivity contribution is -0.118. The lowest BCUT2D eigenvalue weighted by Gasteiger charge is -2.05. The van der Waals surface area contributed by atoms with Crippen molar-refractivity contribution in [1.29, 1.82) is 0 Å². The SMILES string of the molecule is CCn1c(SCC(=O)N/N=C(\C)c2ccncc2)nc2ccccc21. The number of carbonyl (C=O) groups is 1. The first kappa shape index (κ1) is 17.2. The highest BCUT2D eigenvalue weighted by molar-refractivity contribution is 7.99. The number of nitrogens with zero attached hydrogens (tertiary/aromatic N) is 4. The Morgan fingerprint density at radius 3 is 2.76 bits per heavy atom. The topological polar surface area (TPSA) is 72.2 Å². The van der Waals surface area contributed by atoms with Crippen LogP contribution in [0.15, 0.2) is 59.0 Å². The molecule has 7 heteroatoms. The predicted molar refractivity (Wildman–Crippen MR) is 101 cm³/mol. The number of amides is 1. The Morgan fingerprint density at radius 1 is 1.24 bits per heavy atom. The van der Waals surface area contributed by atoms with Crippen molar-refractivity contribution in [2.45, 2.75) is 25.5 Å². The van der Waals surface area contributed by atoms with Crippen LogP contribution in [-0.2, 0) is 11.3 Å². The number of aromatic nitrogens is 3. The van der Waals surface area contributed by atoms with E-state index < -0.39 is 0 Å². The Labute approximate surface area is 150 Å². The number of fused-ring (bicyclic) bond motifs is 1. The number of hydrazone groups is 1. The van der Waals surface area contributed by atoms with Crippen molar-refractivity contribution in [2.24, 2.45) is 5.10 Å². The molecule has 0 saturated heterocycles. The van der Waals surface area contributed by atoms with Crippen molar-refractivity contribution in [1.82, 2.24) is 20.0 Å². The maximum Gasteiger partial charge on any atom is 0.250 e. The van der Waals surface area contributed by atoms with Crippen LogP contribution in [0, 0.1) is 0 Å². The third-order valence-corrected chi connectivity index (χ3v) is 4.69. The van der Waals surface area contributed by atoms with E-state index in [0.29, 0.717) is 0 Å². The molecule has 0 atom stereocenters. The molecule has 0 aliphatic carbocycles. The van der Waals surface area contributed by atoms with Crippen molar-refractivity contribution < 1.29 is 4.79 Å². The fourth-order valence-electron chi connectivity index (χ4n) is 2.44. The molecule has 0 radical (unpaired) electrons. The zero-order valence-corrected chi connectivity index (χ0v) is 15.0. The van der Waals surface area contributed by atoms with Gasteiger partial charge in [0, 0.05) is 24.5 Å². The fourth-order valence-corrected chi connectivity index (χ4v) is 3.31. The number of hydrogen-bond acceptors (Lipinski definition) is 5. The van der Waals surface area contributed by atoms with Gasteiger partial charge in [-0.15, -0.1) is 0 Å². The van der Waals surface area contributed by atoms with Crippen LogP contribution in [0.3, 0.4) is 0 Å². The molecule has 1 N–H and O–H groups in total. The van der Waals surface area contributed by atoms with Gasteiger partial charge in [0.25, 0.3) is 5.91 Å². The summed E-state index contributed by atoms with van der Waals surface area (Å²) in [5, 5.41) is 4.98. The number of hydrogen-bond donors (Lipinski definition) is 1. The molecule has 6 nitrogen and oxygen atoms in total. The van der Waals surface area contributed by atoms with Crippen LogP contribution >= 0.6 is 11.8 Å². The van der Waals surface area contributed by atoms with E-state index in [2.05, 4.69) is 32.0 Å². The second-order valence-electron chi connectivity index (χ2n) is 5.38. The summed E-state index contributed by atoms with van der Waals surface area (Å²) in [7, 11) is 0. The quantitative estimate of drug-likeness (QED) is 0.420. The van der Waals surface area contributed by atoms with Crippen LogP contribution in [0.4, 0.5) is 0 Å². The number of aryl methyl sites for hydroxylation is 1. The minimum atomic E-state index is -0.159. The van der Waals surface area contributed by atoms with Crippen molar-refractivity contribution in [2.75, 3.05) is 5.75 Å². The van der Waals surface area contributed by atoms with Gasteiger partial charge in [-0.05, 0) is 38.1 Å². The van der Waals surface area contributed by atoms with E-state index in [9.17, 15) is 4.79 Å². The molecular weight excluding hydrogens is 334 g/mol. The van der Waals surface area contributed by atoms with Crippen molar-refractivity contribution in [3.05, 3.63) is 54.4 Å². The highest BCUT2D eigenvalue weighted by Gasteiger charge is 2.11. The number of para-hydroxylation sites is 2. The van der Waals surface area contributed by atoms with Crippen LogP contribution in [0.1, 0.15) is 19.4 Å². The molecule has 0 unspecified atom stereocenters. The van der Waals surface area contributed by atoms with E-state index in [-0.39, 0.29) is 11.7 Å². The highest BCUT2D eigenvalue weighted by Crippen LogP contribution is 2.23. The molecular formula is C18H19N5OS. The van der Waals surface area contributed by atoms with Gasteiger partial charge in [0.1, 0.15) is 0 Å². The third kappa shape index (κ3) is 4.06. The number of benzene rings is 1. The summed E-state index contributed by atoms with van der Waals surface area (Å²) in [6.07, 6.45) is 3.39. The Bertz CT molecular complexity index is 904. The molecule has 3 aromatic rings. The van der Waals surface area contributed by atoms with Gasteiger partial charge in [-0.3, -0.25) is 9.78 Å². The Balaban J connectivity index is 1.63. The molecule has 0 fully saturated rings. The molecule has 128 valence electrons. The molecule has 0 bridgehead atoms. The number of pyridine rings is 1. The van der Waals surface area contributed by atoms with Crippen LogP contribution in [0.25, 0.3) is 11.0 Å². The lowest BCUT2D eigenvalue weighted by atomic mass is 10.2. The second-order valence-corrected chi connectivity index (χ2v) is 6.33. The Hall–Kier alpha value is -2.67. The predicted octanol–water partition coefficient (Wildman–Crippen LogP) is 3.08. The van der Waals surface area contributed by atoms with E-state index >= 15 is 0 Å². The van der Waals surface area contributed by atoms with Crippen molar-refractivity contribution in [3.63, 3.8) is 0 Å². The summed E-state index contributed by atoms with van der Waals surface area (Å²) in [6.45, 7) is 4.73. The third-order valence-electron chi connectivity index (χ3n) is 3.71. The standard InChI is InChI=1S/C18H19N5OS/c1-3-23-16-7-5-4-6-15(16)20-18(23)25-12-17(24)22-21-13(2)14-8-10-19-11-9-14/h4-11H,3,12H2,1-2H3,(H,22,24)/b21-13+. The zero-order chi connectivity index (χ0) is 17.6. The summed E-state index contributed by atoms with van der Waals surface area (Å²) >= 11 is 1.41. The molecule has 0 saturated carbocycles. The minimum absolute atomic E-state index is 0.159. The van der Waals surface area contributed by atoms with Gasteiger partial charge in [0.05, 0.1) is 22.5 Å². The maximum atomic E-state index is 12.1. The molecule has 1 aromatic carbocycles. The normalized spacial score (nSPS) is 11.7. The highest BCUT2D eigenvalue weighted by atomic mass is 32.2. The smallest absolute Gasteiger partial charge is 0.250 e. The van der Waals surface area contributed by atoms with Crippen molar-refractivity contribution >= 4 is 34.4 Å². The van der Waals surface area contributed by atoms with Gasteiger partial charge < -0.3 is 4.57 Å². The monoisotopic (exact) mass is 353 g/mol. The average Bonchev–Trinajstić information content (AvgIpc) is 3.02. The Kier molecular flexibility index (Phi) is 5.45. The first-order valence-corrected chi connectivity index (χ1v) is 8.99. The first-order chi connectivity index (χ1) is 12.2. The lowest BCUT2D eigenvalue weighted by Crippen LogP contribution is -2.21. The number of thioether (sulfide) groups is 1. The van der Waals surface area contributed by atoms with Gasteiger partial charge in [-0.1, -0.05) is 23.9 Å². The summed E-state index contributed by atoms with van der Waals surface area (Å²) in [5.74, 6) is 0.101.